The molecule has 1 aliphatic rings. The maximum atomic E-state index is 13.1. The predicted octanol–water partition coefficient (Wildman–Crippen LogP) is 2.50. The van der Waals surface area contributed by atoms with E-state index in [4.69, 9.17) is 9.84 Å². The molecule has 1 amide bonds. The highest BCUT2D eigenvalue weighted by Gasteiger charge is 2.33. The number of rotatable bonds is 4. The monoisotopic (exact) mass is 379 g/mol. The van der Waals surface area contributed by atoms with Gasteiger partial charge in [0, 0.05) is 31.0 Å². The summed E-state index contributed by atoms with van der Waals surface area (Å²) in [6.07, 6.45) is 3.38. The molecule has 0 aliphatic carbocycles. The van der Waals surface area contributed by atoms with Crippen molar-refractivity contribution in [2.45, 2.75) is 26.4 Å². The Labute approximate surface area is 164 Å². The molecule has 0 N–H and O–H groups in total. The molecule has 0 bridgehead atoms. The van der Waals surface area contributed by atoms with Crippen molar-refractivity contribution in [2.24, 2.45) is 7.05 Å². The molecule has 7 nitrogen and oxygen atoms in total. The molecular weight excluding hydrogens is 354 g/mol. The smallest absolute Gasteiger partial charge is 0.257 e. The number of aromatic nitrogens is 4. The molecule has 1 aromatic carbocycles. The summed E-state index contributed by atoms with van der Waals surface area (Å²) in [4.78, 5) is 15.0. The summed E-state index contributed by atoms with van der Waals surface area (Å²) >= 11 is 0. The number of aryl methyl sites for hydroxylation is 2. The van der Waals surface area contributed by atoms with E-state index in [1.54, 1.807) is 17.1 Å². The van der Waals surface area contributed by atoms with Crippen LogP contribution in [0.15, 0.2) is 42.7 Å². The maximum Gasteiger partial charge on any atom is 0.257 e. The molecule has 7 heteroatoms. The summed E-state index contributed by atoms with van der Waals surface area (Å²) in [5, 5.41) is 8.90. The third-order valence-electron chi connectivity index (χ3n) is 5.29. The minimum absolute atomic E-state index is 0.0176. The first-order chi connectivity index (χ1) is 13.5. The van der Waals surface area contributed by atoms with Crippen molar-refractivity contribution in [3.63, 3.8) is 0 Å². The van der Waals surface area contributed by atoms with E-state index in [0.29, 0.717) is 31.9 Å². The number of ether oxygens (including phenoxy) is 1. The number of nitrogens with zero attached hydrogens (tertiary/aromatic N) is 5. The maximum absolute atomic E-state index is 13.1. The zero-order valence-electron chi connectivity index (χ0n) is 16.5. The van der Waals surface area contributed by atoms with Crippen molar-refractivity contribution in [3.05, 3.63) is 70.8 Å². The van der Waals surface area contributed by atoms with Crippen LogP contribution in [0.4, 0.5) is 0 Å². The van der Waals surface area contributed by atoms with Gasteiger partial charge in [-0.15, -0.1) is 0 Å². The SMILES string of the molecule is Cc1nn(Cc2ccccc2)c(C)c1[C@@H]1COCCN1C(=O)c1cnn(C)c1. The fourth-order valence-electron chi connectivity index (χ4n) is 3.89. The highest BCUT2D eigenvalue weighted by Crippen LogP contribution is 2.31. The number of benzene rings is 1. The van der Waals surface area contributed by atoms with E-state index in [2.05, 4.69) is 24.2 Å². The lowest BCUT2D eigenvalue weighted by Gasteiger charge is -2.35. The molecule has 4 rings (SSSR count). The quantitative estimate of drug-likeness (QED) is 0.699. The van der Waals surface area contributed by atoms with Crippen LogP contribution in [0.1, 0.15) is 38.9 Å². The van der Waals surface area contributed by atoms with Crippen molar-refractivity contribution < 1.29 is 9.53 Å². The second-order valence-corrected chi connectivity index (χ2v) is 7.22. The van der Waals surface area contributed by atoms with Crippen LogP contribution in [0.3, 0.4) is 0 Å². The number of hydrogen-bond donors (Lipinski definition) is 0. The Bertz CT molecular complexity index is 976. The largest absolute Gasteiger partial charge is 0.377 e. The minimum Gasteiger partial charge on any atom is -0.377 e. The average molecular weight is 379 g/mol. The number of morpholine rings is 1. The molecule has 0 spiro atoms. The topological polar surface area (TPSA) is 65.2 Å². The molecule has 3 aromatic rings. The summed E-state index contributed by atoms with van der Waals surface area (Å²) in [6.45, 7) is 6.35. The van der Waals surface area contributed by atoms with Crippen molar-refractivity contribution in [3.8, 4) is 0 Å². The minimum atomic E-state index is -0.147. The van der Waals surface area contributed by atoms with Crippen LogP contribution in [0.2, 0.25) is 0 Å². The molecule has 2 aromatic heterocycles. The van der Waals surface area contributed by atoms with Gasteiger partial charge in [0.2, 0.25) is 0 Å². The Hall–Kier alpha value is -2.93. The van der Waals surface area contributed by atoms with Gasteiger partial charge in [-0.2, -0.15) is 10.2 Å². The second-order valence-electron chi connectivity index (χ2n) is 7.22. The number of carbonyl (C=O) groups excluding carboxylic acids is 1. The first-order valence-corrected chi connectivity index (χ1v) is 9.50. The molecule has 146 valence electrons. The lowest BCUT2D eigenvalue weighted by Crippen LogP contribution is -2.43. The first kappa shape index (κ1) is 18.4. The van der Waals surface area contributed by atoms with Gasteiger partial charge in [-0.25, -0.2) is 0 Å². The summed E-state index contributed by atoms with van der Waals surface area (Å²) in [6, 6.07) is 10.1. The number of carbonyl (C=O) groups is 1. The molecule has 1 saturated heterocycles. The van der Waals surface area contributed by atoms with Crippen molar-refractivity contribution in [1.82, 2.24) is 24.5 Å². The first-order valence-electron chi connectivity index (χ1n) is 9.50. The molecule has 0 saturated carbocycles. The van der Waals surface area contributed by atoms with Gasteiger partial charge in [-0.1, -0.05) is 30.3 Å². The van der Waals surface area contributed by atoms with Gasteiger partial charge in [0.05, 0.1) is 43.3 Å². The standard InChI is InChI=1S/C21H25N5O2/c1-15-20(16(2)26(23-15)12-17-7-5-4-6-8-17)19-14-28-10-9-25(19)21(27)18-11-22-24(3)13-18/h4-8,11,13,19H,9-10,12,14H2,1-3H3/t19-/m0/s1. The molecule has 3 heterocycles. The lowest BCUT2D eigenvalue weighted by molar-refractivity contribution is -0.00305. The van der Waals surface area contributed by atoms with Gasteiger partial charge in [-0.3, -0.25) is 14.2 Å². The molecule has 0 unspecified atom stereocenters. The Kier molecular flexibility index (Phi) is 5.00. The van der Waals surface area contributed by atoms with Crippen LogP contribution in [-0.4, -0.2) is 50.1 Å². The summed E-state index contributed by atoms with van der Waals surface area (Å²) in [5.41, 5.74) is 4.88. The Morgan fingerprint density at radius 3 is 2.75 bits per heavy atom. The Balaban J connectivity index is 1.65. The Morgan fingerprint density at radius 1 is 1.25 bits per heavy atom. The van der Waals surface area contributed by atoms with E-state index >= 15 is 0 Å². The van der Waals surface area contributed by atoms with E-state index in [1.807, 2.05) is 41.8 Å². The fourth-order valence-corrected chi connectivity index (χ4v) is 3.89. The summed E-state index contributed by atoms with van der Waals surface area (Å²) < 4.78 is 9.41. The van der Waals surface area contributed by atoms with Crippen molar-refractivity contribution in [2.75, 3.05) is 19.8 Å². The van der Waals surface area contributed by atoms with Crippen molar-refractivity contribution >= 4 is 5.91 Å². The van der Waals surface area contributed by atoms with E-state index in [1.165, 1.54) is 5.56 Å². The van der Waals surface area contributed by atoms with Crippen LogP contribution < -0.4 is 0 Å². The lowest BCUT2D eigenvalue weighted by atomic mass is 10.0. The van der Waals surface area contributed by atoms with Crippen LogP contribution in [-0.2, 0) is 18.3 Å². The average Bonchev–Trinajstić information content (AvgIpc) is 3.25. The fraction of sp³-hybridized carbons (Fsp3) is 0.381. The molecule has 1 atom stereocenters. The van der Waals surface area contributed by atoms with E-state index in [0.717, 1.165) is 17.0 Å². The number of amides is 1. The van der Waals surface area contributed by atoms with Crippen LogP contribution in [0.25, 0.3) is 0 Å². The predicted molar refractivity (Wildman–Crippen MR) is 105 cm³/mol. The van der Waals surface area contributed by atoms with Gasteiger partial charge in [-0.05, 0) is 19.4 Å². The Morgan fingerprint density at radius 2 is 2.04 bits per heavy atom. The summed E-state index contributed by atoms with van der Waals surface area (Å²) in [5.74, 6) is -0.0176. The van der Waals surface area contributed by atoms with E-state index in [9.17, 15) is 4.79 Å². The third-order valence-corrected chi connectivity index (χ3v) is 5.29. The molecular formula is C21H25N5O2. The highest BCUT2D eigenvalue weighted by molar-refractivity contribution is 5.94. The second kappa shape index (κ2) is 7.59. The normalized spacial score (nSPS) is 17.1. The van der Waals surface area contributed by atoms with Gasteiger partial charge in [0.15, 0.2) is 0 Å². The van der Waals surface area contributed by atoms with Crippen LogP contribution in [0, 0.1) is 13.8 Å². The molecule has 0 radical (unpaired) electrons. The van der Waals surface area contributed by atoms with Gasteiger partial charge < -0.3 is 9.64 Å². The van der Waals surface area contributed by atoms with E-state index in [-0.39, 0.29) is 11.9 Å². The van der Waals surface area contributed by atoms with Crippen LogP contribution in [0.5, 0.6) is 0 Å². The van der Waals surface area contributed by atoms with Crippen molar-refractivity contribution in [1.29, 1.82) is 0 Å². The van der Waals surface area contributed by atoms with Gasteiger partial charge in [0.25, 0.3) is 5.91 Å². The molecule has 28 heavy (non-hydrogen) atoms. The zero-order chi connectivity index (χ0) is 19.7. The summed E-state index contributed by atoms with van der Waals surface area (Å²) in [7, 11) is 1.81. The van der Waals surface area contributed by atoms with Gasteiger partial charge in [0.1, 0.15) is 0 Å². The number of hydrogen-bond acceptors (Lipinski definition) is 4. The zero-order valence-corrected chi connectivity index (χ0v) is 16.5. The van der Waals surface area contributed by atoms with Gasteiger partial charge >= 0.3 is 0 Å². The van der Waals surface area contributed by atoms with Crippen LogP contribution >= 0.6 is 0 Å². The highest BCUT2D eigenvalue weighted by atomic mass is 16.5. The molecule has 1 fully saturated rings. The van der Waals surface area contributed by atoms with E-state index < -0.39 is 0 Å². The molecule has 1 aliphatic heterocycles. The third kappa shape index (κ3) is 3.45.